The Balaban J connectivity index is 0.00000176. The van der Waals surface area contributed by atoms with Gasteiger partial charge < -0.3 is 15.0 Å². The number of hydrogen-bond acceptors (Lipinski definition) is 3. The molecule has 0 bridgehead atoms. The summed E-state index contributed by atoms with van der Waals surface area (Å²) >= 11 is 0. The van der Waals surface area contributed by atoms with E-state index in [2.05, 4.69) is 19.2 Å². The highest BCUT2D eigenvalue weighted by Crippen LogP contribution is 2.34. The molecule has 22 heavy (non-hydrogen) atoms. The van der Waals surface area contributed by atoms with Crippen LogP contribution in [0.5, 0.6) is 0 Å². The van der Waals surface area contributed by atoms with Gasteiger partial charge in [0.2, 0.25) is 5.91 Å². The Bertz CT molecular complexity index is 364. The first kappa shape index (κ1) is 18.0. The van der Waals surface area contributed by atoms with Crippen LogP contribution in [0, 0.1) is 11.8 Å². The Morgan fingerprint density at radius 3 is 2.77 bits per heavy atom. The summed E-state index contributed by atoms with van der Waals surface area (Å²) in [4.78, 5) is 14.7. The zero-order chi connectivity index (χ0) is 14.8. The number of nitrogens with zero attached hydrogens (tertiary/aromatic N) is 1. The molecule has 0 aromatic rings. The third-order valence-corrected chi connectivity index (χ3v) is 5.28. The lowest BCUT2D eigenvalue weighted by Gasteiger charge is -2.24. The first-order chi connectivity index (χ1) is 10.1. The van der Waals surface area contributed by atoms with Crippen LogP contribution in [-0.2, 0) is 9.53 Å². The van der Waals surface area contributed by atoms with E-state index in [1.165, 1.54) is 25.7 Å². The second-order valence-corrected chi connectivity index (χ2v) is 7.53. The van der Waals surface area contributed by atoms with E-state index in [0.29, 0.717) is 17.9 Å². The van der Waals surface area contributed by atoms with Crippen molar-refractivity contribution in [3.63, 3.8) is 0 Å². The Kier molecular flexibility index (Phi) is 6.54. The number of fused-ring (bicyclic) bond motifs is 1. The van der Waals surface area contributed by atoms with Crippen molar-refractivity contribution in [1.29, 1.82) is 0 Å². The van der Waals surface area contributed by atoms with Gasteiger partial charge in [-0.1, -0.05) is 26.7 Å². The van der Waals surface area contributed by atoms with E-state index in [9.17, 15) is 4.79 Å². The number of carbonyl (C=O) groups excluding carboxylic acids is 1. The molecular formula is C17H31ClN2O2. The van der Waals surface area contributed by atoms with Crippen LogP contribution < -0.4 is 5.32 Å². The van der Waals surface area contributed by atoms with Crippen LogP contribution in [0.4, 0.5) is 0 Å². The van der Waals surface area contributed by atoms with Gasteiger partial charge in [-0.3, -0.25) is 4.79 Å². The average molecular weight is 331 g/mol. The minimum atomic E-state index is 0. The quantitative estimate of drug-likeness (QED) is 0.861. The second kappa shape index (κ2) is 7.98. The lowest BCUT2D eigenvalue weighted by atomic mass is 9.85. The fourth-order valence-corrected chi connectivity index (χ4v) is 4.12. The summed E-state index contributed by atoms with van der Waals surface area (Å²) in [5.41, 5.74) is 0. The molecule has 0 aromatic heterocycles. The van der Waals surface area contributed by atoms with Gasteiger partial charge in [0.15, 0.2) is 0 Å². The van der Waals surface area contributed by atoms with Crippen molar-refractivity contribution in [1.82, 2.24) is 10.2 Å². The highest BCUT2D eigenvalue weighted by Gasteiger charge is 2.41. The lowest BCUT2D eigenvalue weighted by molar-refractivity contribution is -0.132. The molecule has 128 valence electrons. The number of amides is 1. The van der Waals surface area contributed by atoms with Crippen molar-refractivity contribution in [3.8, 4) is 0 Å². The number of likely N-dealkylation sites (tertiary alicyclic amines) is 1. The van der Waals surface area contributed by atoms with Crippen LogP contribution in [0.1, 0.15) is 52.4 Å². The molecule has 3 fully saturated rings. The summed E-state index contributed by atoms with van der Waals surface area (Å²) in [6.07, 6.45) is 7.54. The molecular weight excluding hydrogens is 300 g/mol. The van der Waals surface area contributed by atoms with Crippen LogP contribution in [0.3, 0.4) is 0 Å². The SMILES string of the molecule is CC(C)COC1CCN(C(=O)C2CC3CCCCC3N2)C1.Cl. The molecule has 1 N–H and O–H groups in total. The Morgan fingerprint density at radius 2 is 2.05 bits per heavy atom. The maximum Gasteiger partial charge on any atom is 0.239 e. The molecule has 0 spiro atoms. The standard InChI is InChI=1S/C17H30N2O2.ClH/c1-12(2)11-21-14-7-8-19(10-14)17(20)16-9-13-5-3-4-6-15(13)18-16;/h12-16,18H,3-11H2,1-2H3;1H. The van der Waals surface area contributed by atoms with E-state index in [1.54, 1.807) is 0 Å². The molecule has 3 rings (SSSR count). The van der Waals surface area contributed by atoms with E-state index in [4.69, 9.17) is 4.74 Å². The van der Waals surface area contributed by atoms with Crippen LogP contribution in [-0.4, -0.2) is 48.7 Å². The van der Waals surface area contributed by atoms with Gasteiger partial charge in [-0.25, -0.2) is 0 Å². The first-order valence-corrected chi connectivity index (χ1v) is 8.80. The van der Waals surface area contributed by atoms with E-state index in [1.807, 2.05) is 4.90 Å². The summed E-state index contributed by atoms with van der Waals surface area (Å²) in [7, 11) is 0. The molecule has 5 heteroatoms. The molecule has 3 aliphatic rings. The zero-order valence-electron chi connectivity index (χ0n) is 13.9. The van der Waals surface area contributed by atoms with E-state index < -0.39 is 0 Å². The maximum absolute atomic E-state index is 12.7. The molecule has 2 aliphatic heterocycles. The summed E-state index contributed by atoms with van der Waals surface area (Å²) in [5.74, 6) is 1.62. The molecule has 4 atom stereocenters. The van der Waals surface area contributed by atoms with Crippen LogP contribution in [0.2, 0.25) is 0 Å². The topological polar surface area (TPSA) is 41.6 Å². The largest absolute Gasteiger partial charge is 0.376 e. The number of hydrogen-bond donors (Lipinski definition) is 1. The van der Waals surface area contributed by atoms with Crippen molar-refractivity contribution >= 4 is 18.3 Å². The van der Waals surface area contributed by atoms with Gasteiger partial charge in [-0.15, -0.1) is 12.4 Å². The van der Waals surface area contributed by atoms with Gasteiger partial charge in [-0.05, 0) is 37.5 Å². The number of ether oxygens (including phenoxy) is 1. The summed E-state index contributed by atoms with van der Waals surface area (Å²) in [6.45, 7) is 6.80. The van der Waals surface area contributed by atoms with Crippen LogP contribution in [0.15, 0.2) is 0 Å². The van der Waals surface area contributed by atoms with Crippen molar-refractivity contribution < 1.29 is 9.53 Å². The van der Waals surface area contributed by atoms with Gasteiger partial charge >= 0.3 is 0 Å². The van der Waals surface area contributed by atoms with Gasteiger partial charge in [0.05, 0.1) is 12.1 Å². The van der Waals surface area contributed by atoms with E-state index in [0.717, 1.165) is 38.5 Å². The fourth-order valence-electron chi connectivity index (χ4n) is 4.12. The average Bonchev–Trinajstić information content (AvgIpc) is 3.11. The fraction of sp³-hybridized carbons (Fsp3) is 0.941. The monoisotopic (exact) mass is 330 g/mol. The maximum atomic E-state index is 12.7. The van der Waals surface area contributed by atoms with Gasteiger partial charge in [-0.2, -0.15) is 0 Å². The number of halogens is 1. The number of nitrogens with one attached hydrogen (secondary N) is 1. The predicted molar refractivity (Wildman–Crippen MR) is 90.3 cm³/mol. The molecule has 4 unspecified atom stereocenters. The third kappa shape index (κ3) is 4.15. The van der Waals surface area contributed by atoms with Gasteiger partial charge in [0.25, 0.3) is 0 Å². The molecule has 2 saturated heterocycles. The molecule has 2 heterocycles. The van der Waals surface area contributed by atoms with Crippen molar-refractivity contribution in [3.05, 3.63) is 0 Å². The first-order valence-electron chi connectivity index (χ1n) is 8.80. The van der Waals surface area contributed by atoms with Crippen molar-refractivity contribution in [2.75, 3.05) is 19.7 Å². The van der Waals surface area contributed by atoms with Crippen molar-refractivity contribution in [2.24, 2.45) is 11.8 Å². The predicted octanol–water partition coefficient (Wildman–Crippen LogP) is 2.60. The molecule has 4 nitrogen and oxygen atoms in total. The highest BCUT2D eigenvalue weighted by atomic mass is 35.5. The molecule has 0 aromatic carbocycles. The summed E-state index contributed by atoms with van der Waals surface area (Å²) in [6, 6.07) is 0.672. The third-order valence-electron chi connectivity index (χ3n) is 5.28. The molecule has 1 saturated carbocycles. The Hall–Kier alpha value is -0.320. The van der Waals surface area contributed by atoms with Gasteiger partial charge in [0.1, 0.15) is 0 Å². The second-order valence-electron chi connectivity index (χ2n) is 7.53. The lowest BCUT2D eigenvalue weighted by Crippen LogP contribution is -2.45. The Morgan fingerprint density at radius 1 is 1.27 bits per heavy atom. The zero-order valence-corrected chi connectivity index (χ0v) is 14.7. The number of rotatable bonds is 4. The Labute approximate surface area is 140 Å². The molecule has 1 amide bonds. The summed E-state index contributed by atoms with van der Waals surface area (Å²) < 4.78 is 5.89. The number of carbonyl (C=O) groups is 1. The van der Waals surface area contributed by atoms with Crippen molar-refractivity contribution in [2.45, 2.75) is 70.6 Å². The molecule has 1 aliphatic carbocycles. The highest BCUT2D eigenvalue weighted by molar-refractivity contribution is 5.85. The van der Waals surface area contributed by atoms with E-state index in [-0.39, 0.29) is 24.6 Å². The van der Waals surface area contributed by atoms with Crippen LogP contribution in [0.25, 0.3) is 0 Å². The van der Waals surface area contributed by atoms with Crippen LogP contribution >= 0.6 is 12.4 Å². The van der Waals surface area contributed by atoms with E-state index >= 15 is 0 Å². The normalized spacial score (nSPS) is 34.6. The summed E-state index contributed by atoms with van der Waals surface area (Å²) in [5, 5.41) is 3.60. The van der Waals surface area contributed by atoms with Gasteiger partial charge in [0, 0.05) is 25.7 Å². The minimum absolute atomic E-state index is 0. The molecule has 0 radical (unpaired) electrons. The smallest absolute Gasteiger partial charge is 0.239 e. The minimum Gasteiger partial charge on any atom is -0.376 e.